The summed E-state index contributed by atoms with van der Waals surface area (Å²) in [6, 6.07) is 2.40. The fourth-order valence-electron chi connectivity index (χ4n) is 0.957. The Hall–Kier alpha value is -1.30. The third kappa shape index (κ3) is 3.37. The summed E-state index contributed by atoms with van der Waals surface area (Å²) in [5.41, 5.74) is -0.143. The molecule has 1 rings (SSSR count). The molecule has 0 aliphatic carbocycles. The van der Waals surface area contributed by atoms with Crippen LogP contribution in [0.5, 0.6) is 5.75 Å². The normalized spacial score (nSPS) is 11.3. The van der Waals surface area contributed by atoms with E-state index in [0.29, 0.717) is 12.1 Å². The highest BCUT2D eigenvalue weighted by Gasteiger charge is 2.32. The van der Waals surface area contributed by atoms with Crippen molar-refractivity contribution in [2.75, 3.05) is 5.88 Å². The Morgan fingerprint density at radius 2 is 2.00 bits per heavy atom. The standard InChI is InChI=1S/C9H5ClF4O2/c10-4-7(15)5-1-2-6(11)8(3-5)16-9(12,13)14/h1-3H,4H2. The van der Waals surface area contributed by atoms with E-state index in [0.717, 1.165) is 6.07 Å². The third-order valence-electron chi connectivity index (χ3n) is 1.60. The number of carbonyl (C=O) groups excluding carboxylic acids is 1. The Labute approximate surface area is 92.8 Å². The van der Waals surface area contributed by atoms with Crippen LogP contribution in [0.1, 0.15) is 10.4 Å². The number of carbonyl (C=O) groups is 1. The van der Waals surface area contributed by atoms with Crippen LogP contribution in [-0.4, -0.2) is 18.0 Å². The highest BCUT2D eigenvalue weighted by molar-refractivity contribution is 6.30. The summed E-state index contributed by atoms with van der Waals surface area (Å²) in [4.78, 5) is 11.1. The topological polar surface area (TPSA) is 26.3 Å². The number of alkyl halides is 4. The van der Waals surface area contributed by atoms with Gasteiger partial charge >= 0.3 is 6.36 Å². The van der Waals surface area contributed by atoms with Crippen molar-refractivity contribution < 1.29 is 27.1 Å². The summed E-state index contributed by atoms with van der Waals surface area (Å²) >= 11 is 5.21. The molecule has 0 saturated heterocycles. The molecule has 0 N–H and O–H groups in total. The molecule has 1 aromatic rings. The van der Waals surface area contributed by atoms with Crippen LogP contribution in [0.2, 0.25) is 0 Å². The monoisotopic (exact) mass is 256 g/mol. The lowest BCUT2D eigenvalue weighted by Crippen LogP contribution is -2.18. The van der Waals surface area contributed by atoms with Gasteiger partial charge in [-0.2, -0.15) is 0 Å². The molecule has 0 heterocycles. The smallest absolute Gasteiger partial charge is 0.403 e. The molecule has 0 aliphatic heterocycles. The summed E-state index contributed by atoms with van der Waals surface area (Å²) in [5.74, 6) is -3.28. The van der Waals surface area contributed by atoms with Crippen molar-refractivity contribution in [1.29, 1.82) is 0 Å². The van der Waals surface area contributed by atoms with Crippen LogP contribution >= 0.6 is 11.6 Å². The van der Waals surface area contributed by atoms with Crippen LogP contribution in [0, 0.1) is 5.82 Å². The Balaban J connectivity index is 3.04. The maximum atomic E-state index is 12.9. The summed E-state index contributed by atoms with van der Waals surface area (Å²) in [6.45, 7) is 0. The minimum absolute atomic E-state index is 0.143. The zero-order valence-corrected chi connectivity index (χ0v) is 8.40. The highest BCUT2D eigenvalue weighted by atomic mass is 35.5. The molecule has 0 amide bonds. The van der Waals surface area contributed by atoms with Crippen LogP contribution in [0.15, 0.2) is 18.2 Å². The lowest BCUT2D eigenvalue weighted by Gasteiger charge is -2.10. The zero-order chi connectivity index (χ0) is 12.3. The highest BCUT2D eigenvalue weighted by Crippen LogP contribution is 2.26. The summed E-state index contributed by atoms with van der Waals surface area (Å²) in [6.07, 6.45) is -5.01. The predicted octanol–water partition coefficient (Wildman–Crippen LogP) is 3.15. The van der Waals surface area contributed by atoms with Gasteiger partial charge in [-0.3, -0.25) is 4.79 Å². The van der Waals surface area contributed by atoms with Crippen molar-refractivity contribution in [3.8, 4) is 5.75 Å². The van der Waals surface area contributed by atoms with E-state index in [1.165, 1.54) is 0 Å². The van der Waals surface area contributed by atoms with Gasteiger partial charge in [-0.05, 0) is 18.2 Å². The van der Waals surface area contributed by atoms with Gasteiger partial charge in [0.15, 0.2) is 17.3 Å². The molecule has 0 fully saturated rings. The number of ketones is 1. The van der Waals surface area contributed by atoms with Crippen molar-refractivity contribution in [2.45, 2.75) is 6.36 Å². The Morgan fingerprint density at radius 3 is 2.50 bits per heavy atom. The van der Waals surface area contributed by atoms with Gasteiger partial charge in [-0.1, -0.05) is 0 Å². The van der Waals surface area contributed by atoms with Gasteiger partial charge in [0.25, 0.3) is 0 Å². The van der Waals surface area contributed by atoms with Gasteiger partial charge in [0.1, 0.15) is 0 Å². The Morgan fingerprint density at radius 1 is 1.38 bits per heavy atom. The van der Waals surface area contributed by atoms with Crippen molar-refractivity contribution in [2.24, 2.45) is 0 Å². The van der Waals surface area contributed by atoms with Crippen LogP contribution < -0.4 is 4.74 Å². The molecule has 0 unspecified atom stereocenters. The molecule has 0 bridgehead atoms. The average Bonchev–Trinajstić information content (AvgIpc) is 2.18. The van der Waals surface area contributed by atoms with Crippen molar-refractivity contribution in [3.05, 3.63) is 29.6 Å². The Bertz CT molecular complexity index is 403. The van der Waals surface area contributed by atoms with Gasteiger partial charge < -0.3 is 4.74 Å². The van der Waals surface area contributed by atoms with Crippen LogP contribution in [0.4, 0.5) is 17.6 Å². The summed E-state index contributed by atoms with van der Waals surface area (Å²) in [7, 11) is 0. The van der Waals surface area contributed by atoms with Crippen molar-refractivity contribution in [1.82, 2.24) is 0 Å². The molecule has 0 aromatic heterocycles. The minimum atomic E-state index is -5.01. The number of Topliss-reactive ketones (excluding diaryl/α,β-unsaturated/α-hetero) is 1. The van der Waals surface area contributed by atoms with E-state index in [4.69, 9.17) is 11.6 Å². The van der Waals surface area contributed by atoms with E-state index in [2.05, 4.69) is 4.74 Å². The largest absolute Gasteiger partial charge is 0.573 e. The van der Waals surface area contributed by atoms with E-state index < -0.39 is 29.6 Å². The van der Waals surface area contributed by atoms with Gasteiger partial charge in [0.2, 0.25) is 0 Å². The van der Waals surface area contributed by atoms with Gasteiger partial charge in [-0.15, -0.1) is 24.8 Å². The van der Waals surface area contributed by atoms with Crippen molar-refractivity contribution in [3.63, 3.8) is 0 Å². The molecule has 0 saturated carbocycles. The molecule has 2 nitrogen and oxygen atoms in total. The number of hydrogen-bond acceptors (Lipinski definition) is 2. The first-order chi connectivity index (χ1) is 7.33. The molecule has 0 spiro atoms. The lowest BCUT2D eigenvalue weighted by atomic mass is 10.1. The van der Waals surface area contributed by atoms with E-state index in [1.54, 1.807) is 0 Å². The molecule has 7 heteroatoms. The van der Waals surface area contributed by atoms with E-state index in [9.17, 15) is 22.4 Å². The maximum absolute atomic E-state index is 12.9. The quantitative estimate of drug-likeness (QED) is 0.472. The average molecular weight is 257 g/mol. The SMILES string of the molecule is O=C(CCl)c1ccc(F)c(OC(F)(F)F)c1. The molecule has 88 valence electrons. The Kier molecular flexibility index (Phi) is 3.74. The predicted molar refractivity (Wildman–Crippen MR) is 48.1 cm³/mol. The maximum Gasteiger partial charge on any atom is 0.573 e. The van der Waals surface area contributed by atoms with E-state index in [1.807, 2.05) is 0 Å². The van der Waals surface area contributed by atoms with Crippen LogP contribution in [0.25, 0.3) is 0 Å². The minimum Gasteiger partial charge on any atom is -0.403 e. The summed E-state index contributed by atoms with van der Waals surface area (Å²) < 4.78 is 51.8. The number of hydrogen-bond donors (Lipinski definition) is 0. The van der Waals surface area contributed by atoms with Crippen molar-refractivity contribution >= 4 is 17.4 Å². The number of rotatable bonds is 3. The van der Waals surface area contributed by atoms with E-state index >= 15 is 0 Å². The van der Waals surface area contributed by atoms with Crippen LogP contribution in [-0.2, 0) is 0 Å². The fourth-order valence-corrected chi connectivity index (χ4v) is 1.11. The number of benzene rings is 1. The first-order valence-electron chi connectivity index (χ1n) is 3.98. The fraction of sp³-hybridized carbons (Fsp3) is 0.222. The zero-order valence-electron chi connectivity index (χ0n) is 7.65. The molecule has 0 aliphatic rings. The van der Waals surface area contributed by atoms with Crippen LogP contribution in [0.3, 0.4) is 0 Å². The first-order valence-corrected chi connectivity index (χ1v) is 4.51. The third-order valence-corrected chi connectivity index (χ3v) is 1.84. The van der Waals surface area contributed by atoms with Gasteiger partial charge in [0.05, 0.1) is 5.88 Å². The molecule has 0 radical (unpaired) electrons. The van der Waals surface area contributed by atoms with Gasteiger partial charge in [-0.25, -0.2) is 4.39 Å². The number of halogens is 5. The second kappa shape index (κ2) is 4.69. The first kappa shape index (κ1) is 12.8. The lowest BCUT2D eigenvalue weighted by molar-refractivity contribution is -0.275. The second-order valence-electron chi connectivity index (χ2n) is 2.75. The molecular weight excluding hydrogens is 252 g/mol. The molecule has 16 heavy (non-hydrogen) atoms. The summed E-state index contributed by atoms with van der Waals surface area (Å²) in [5, 5.41) is 0. The number of ether oxygens (including phenoxy) is 1. The molecule has 1 aromatic carbocycles. The van der Waals surface area contributed by atoms with E-state index in [-0.39, 0.29) is 5.56 Å². The molecular formula is C9H5ClF4O2. The second-order valence-corrected chi connectivity index (χ2v) is 3.02. The molecule has 0 atom stereocenters. The van der Waals surface area contributed by atoms with Gasteiger partial charge in [0, 0.05) is 5.56 Å².